The number of sulfonamides is 1. The number of hydrogen-bond donors (Lipinski definition) is 1. The molecule has 1 saturated carbocycles. The van der Waals surface area contributed by atoms with Crippen molar-refractivity contribution in [2.24, 2.45) is 0 Å². The first-order valence-electron chi connectivity index (χ1n) is 13.8. The molecule has 1 aliphatic heterocycles. The van der Waals surface area contributed by atoms with Crippen LogP contribution in [0.4, 0.5) is 5.69 Å². The topological polar surface area (TPSA) is 105 Å². The molecule has 1 aliphatic carbocycles. The third kappa shape index (κ3) is 7.65. The minimum absolute atomic E-state index is 0.0936. The summed E-state index contributed by atoms with van der Waals surface area (Å²) < 4.78 is 37.3. The molecule has 0 aromatic heterocycles. The average molecular weight is 558 g/mol. The molecule has 2 aromatic rings. The number of hydrogen-bond acceptors (Lipinski definition) is 6. The van der Waals surface area contributed by atoms with Crippen LogP contribution < -0.4 is 19.1 Å². The standard InChI is InChI=1S/C29H39N3O6S/c1-3-25(29(34)30-23-13-8-5-9-14-23)31(20-22-11-6-4-7-12-22)28(33)15-10-18-32(39(2,35)36)24-16-17-26-27(19-24)38-21-37-26/h4,6-7,11-12,16-17,19,23,25H,3,5,8-10,13-15,18,20-21H2,1-2H3,(H,30,34)/t25-/m1/s1. The molecular weight excluding hydrogens is 518 g/mol. The molecule has 2 amide bonds. The highest BCUT2D eigenvalue weighted by Gasteiger charge is 2.30. The Labute approximate surface area is 231 Å². The van der Waals surface area contributed by atoms with Crippen molar-refractivity contribution in [2.45, 2.75) is 76.9 Å². The van der Waals surface area contributed by atoms with E-state index in [1.807, 2.05) is 37.3 Å². The molecule has 1 fully saturated rings. The van der Waals surface area contributed by atoms with Crippen molar-refractivity contribution in [3.05, 3.63) is 54.1 Å². The molecule has 212 valence electrons. The predicted molar refractivity (Wildman–Crippen MR) is 150 cm³/mol. The molecule has 0 bridgehead atoms. The highest BCUT2D eigenvalue weighted by Crippen LogP contribution is 2.36. The van der Waals surface area contributed by atoms with Crippen LogP contribution in [0.3, 0.4) is 0 Å². The number of amides is 2. The molecule has 0 saturated heterocycles. The van der Waals surface area contributed by atoms with Gasteiger partial charge in [-0.25, -0.2) is 8.42 Å². The van der Waals surface area contributed by atoms with Gasteiger partial charge in [-0.3, -0.25) is 13.9 Å². The van der Waals surface area contributed by atoms with Crippen LogP contribution in [0.5, 0.6) is 11.5 Å². The number of ether oxygens (including phenoxy) is 2. The number of carbonyl (C=O) groups is 2. The summed E-state index contributed by atoms with van der Waals surface area (Å²) in [4.78, 5) is 28.6. The summed E-state index contributed by atoms with van der Waals surface area (Å²) in [5.74, 6) is 0.757. The van der Waals surface area contributed by atoms with E-state index in [1.54, 1.807) is 23.1 Å². The van der Waals surface area contributed by atoms with E-state index < -0.39 is 16.1 Å². The second kappa shape index (κ2) is 13.2. The average Bonchev–Trinajstić information content (AvgIpc) is 3.39. The first-order valence-corrected chi connectivity index (χ1v) is 15.6. The molecule has 1 heterocycles. The number of anilines is 1. The van der Waals surface area contributed by atoms with Gasteiger partial charge in [0.25, 0.3) is 0 Å². The molecule has 1 N–H and O–H groups in total. The van der Waals surface area contributed by atoms with Gasteiger partial charge >= 0.3 is 0 Å². The summed E-state index contributed by atoms with van der Waals surface area (Å²) in [5.41, 5.74) is 1.39. The zero-order valence-corrected chi connectivity index (χ0v) is 23.6. The van der Waals surface area contributed by atoms with Gasteiger partial charge in [0, 0.05) is 31.6 Å². The highest BCUT2D eigenvalue weighted by atomic mass is 32.2. The summed E-state index contributed by atoms with van der Waals surface area (Å²) in [6.45, 7) is 2.44. The molecule has 0 unspecified atom stereocenters. The lowest BCUT2D eigenvalue weighted by Crippen LogP contribution is -2.51. The molecule has 1 atom stereocenters. The Bertz CT molecular complexity index is 1230. The maximum absolute atomic E-state index is 13.6. The largest absolute Gasteiger partial charge is 0.454 e. The summed E-state index contributed by atoms with van der Waals surface area (Å²) in [7, 11) is -3.61. The van der Waals surface area contributed by atoms with E-state index in [2.05, 4.69) is 5.32 Å². The highest BCUT2D eigenvalue weighted by molar-refractivity contribution is 7.92. The van der Waals surface area contributed by atoms with Crippen LogP contribution in [-0.2, 0) is 26.2 Å². The van der Waals surface area contributed by atoms with Crippen LogP contribution >= 0.6 is 0 Å². The Balaban J connectivity index is 1.46. The van der Waals surface area contributed by atoms with Gasteiger partial charge < -0.3 is 19.7 Å². The van der Waals surface area contributed by atoms with Crippen molar-refractivity contribution in [3.8, 4) is 11.5 Å². The van der Waals surface area contributed by atoms with Gasteiger partial charge in [0.15, 0.2) is 11.5 Å². The minimum atomic E-state index is -3.61. The van der Waals surface area contributed by atoms with E-state index in [0.717, 1.165) is 37.5 Å². The van der Waals surface area contributed by atoms with Gasteiger partial charge in [-0.15, -0.1) is 0 Å². The van der Waals surface area contributed by atoms with Gasteiger partial charge in [0.1, 0.15) is 6.04 Å². The zero-order valence-electron chi connectivity index (χ0n) is 22.8. The molecule has 10 heteroatoms. The number of nitrogens with zero attached hydrogens (tertiary/aromatic N) is 2. The van der Waals surface area contributed by atoms with Crippen LogP contribution in [0, 0.1) is 0 Å². The smallest absolute Gasteiger partial charge is 0.243 e. The van der Waals surface area contributed by atoms with Gasteiger partial charge in [-0.05, 0) is 43.4 Å². The van der Waals surface area contributed by atoms with Crippen molar-refractivity contribution in [1.82, 2.24) is 10.2 Å². The van der Waals surface area contributed by atoms with E-state index in [0.29, 0.717) is 36.6 Å². The quantitative estimate of drug-likeness (QED) is 0.419. The lowest BCUT2D eigenvalue weighted by molar-refractivity contribution is -0.141. The van der Waals surface area contributed by atoms with Crippen molar-refractivity contribution >= 4 is 27.5 Å². The van der Waals surface area contributed by atoms with E-state index in [9.17, 15) is 18.0 Å². The Morgan fingerprint density at radius 3 is 2.44 bits per heavy atom. The normalized spacial score (nSPS) is 15.9. The summed E-state index contributed by atoms with van der Waals surface area (Å²) in [6, 6.07) is 14.2. The van der Waals surface area contributed by atoms with Crippen LogP contribution in [0.1, 0.15) is 63.9 Å². The first-order chi connectivity index (χ1) is 18.8. The van der Waals surface area contributed by atoms with Gasteiger partial charge in [0.2, 0.25) is 28.6 Å². The molecule has 0 spiro atoms. The van der Waals surface area contributed by atoms with Crippen LogP contribution in [0.15, 0.2) is 48.5 Å². The molecule has 0 radical (unpaired) electrons. The van der Waals surface area contributed by atoms with E-state index in [-0.39, 0.29) is 37.6 Å². The molecule has 4 rings (SSSR count). The summed E-state index contributed by atoms with van der Waals surface area (Å²) >= 11 is 0. The Hall–Kier alpha value is -3.27. The molecule has 2 aliphatic rings. The fraction of sp³-hybridized carbons (Fsp3) is 0.517. The summed E-state index contributed by atoms with van der Waals surface area (Å²) in [6.07, 6.45) is 7.38. The third-order valence-corrected chi connectivity index (χ3v) is 8.52. The molecule has 9 nitrogen and oxygen atoms in total. The maximum atomic E-state index is 13.6. The monoisotopic (exact) mass is 557 g/mol. The molecule has 2 aromatic carbocycles. The minimum Gasteiger partial charge on any atom is -0.454 e. The third-order valence-electron chi connectivity index (χ3n) is 7.33. The molecule has 39 heavy (non-hydrogen) atoms. The van der Waals surface area contributed by atoms with Gasteiger partial charge in [-0.1, -0.05) is 56.5 Å². The lowest BCUT2D eigenvalue weighted by Gasteiger charge is -2.33. The number of rotatable bonds is 12. The lowest BCUT2D eigenvalue weighted by atomic mass is 9.95. The van der Waals surface area contributed by atoms with Crippen molar-refractivity contribution in [2.75, 3.05) is 23.9 Å². The second-order valence-electron chi connectivity index (χ2n) is 10.3. The zero-order chi connectivity index (χ0) is 27.8. The van der Waals surface area contributed by atoms with Gasteiger partial charge in [0.05, 0.1) is 11.9 Å². The summed E-state index contributed by atoms with van der Waals surface area (Å²) in [5, 5.41) is 3.18. The fourth-order valence-corrected chi connectivity index (χ4v) is 6.25. The SMILES string of the molecule is CC[C@H](C(=O)NC1CCCCC1)N(Cc1ccccc1)C(=O)CCCN(c1ccc2c(c1)OCO2)S(C)(=O)=O. The van der Waals surface area contributed by atoms with Crippen molar-refractivity contribution in [3.63, 3.8) is 0 Å². The number of fused-ring (bicyclic) bond motifs is 1. The van der Waals surface area contributed by atoms with Crippen LogP contribution in [0.2, 0.25) is 0 Å². The fourth-order valence-electron chi connectivity index (χ4n) is 5.29. The number of carbonyl (C=O) groups excluding carboxylic acids is 2. The van der Waals surface area contributed by atoms with E-state index in [1.165, 1.54) is 10.7 Å². The van der Waals surface area contributed by atoms with Gasteiger partial charge in [-0.2, -0.15) is 0 Å². The van der Waals surface area contributed by atoms with Crippen LogP contribution in [-0.4, -0.2) is 56.8 Å². The predicted octanol–water partition coefficient (Wildman–Crippen LogP) is 4.22. The second-order valence-corrected chi connectivity index (χ2v) is 12.2. The Kier molecular flexibility index (Phi) is 9.72. The van der Waals surface area contributed by atoms with Crippen LogP contribution in [0.25, 0.3) is 0 Å². The van der Waals surface area contributed by atoms with E-state index in [4.69, 9.17) is 9.47 Å². The van der Waals surface area contributed by atoms with E-state index >= 15 is 0 Å². The van der Waals surface area contributed by atoms with Crippen molar-refractivity contribution in [1.29, 1.82) is 0 Å². The molecular formula is C29H39N3O6S. The maximum Gasteiger partial charge on any atom is 0.243 e. The Morgan fingerprint density at radius 1 is 1.03 bits per heavy atom. The number of benzene rings is 2. The van der Waals surface area contributed by atoms with Crippen molar-refractivity contribution < 1.29 is 27.5 Å². The Morgan fingerprint density at radius 2 is 1.74 bits per heavy atom. The number of nitrogens with one attached hydrogen (secondary N) is 1. The first kappa shape index (κ1) is 28.7.